The molecule has 0 spiro atoms. The van der Waals surface area contributed by atoms with Gasteiger partial charge in [0.2, 0.25) is 5.95 Å². The van der Waals surface area contributed by atoms with E-state index in [0.717, 1.165) is 37.4 Å². The van der Waals surface area contributed by atoms with Crippen LogP contribution in [0.25, 0.3) is 6.08 Å². The Morgan fingerprint density at radius 3 is 2.66 bits per heavy atom. The van der Waals surface area contributed by atoms with Crippen LogP contribution in [0.4, 0.5) is 5.95 Å². The molecule has 1 N–H and O–H groups in total. The molecule has 5 rings (SSSR count). The number of hydrogen-bond acceptors (Lipinski definition) is 5. The number of anilines is 1. The zero-order valence-electron chi connectivity index (χ0n) is 20.4. The summed E-state index contributed by atoms with van der Waals surface area (Å²) in [7, 11) is 2.10. The van der Waals surface area contributed by atoms with Crippen molar-refractivity contribution in [2.24, 2.45) is 7.05 Å². The molecule has 1 amide bonds. The summed E-state index contributed by atoms with van der Waals surface area (Å²) in [4.78, 5) is 24.2. The number of benzene rings is 1. The van der Waals surface area contributed by atoms with Gasteiger partial charge in [0, 0.05) is 55.9 Å². The minimum atomic E-state index is -0.157. The Bertz CT molecular complexity index is 1310. The van der Waals surface area contributed by atoms with Crippen molar-refractivity contribution < 1.29 is 4.79 Å². The lowest BCUT2D eigenvalue weighted by Crippen LogP contribution is -2.39. The monoisotopic (exact) mass is 466 g/mol. The second kappa shape index (κ2) is 9.38. The van der Waals surface area contributed by atoms with Crippen molar-refractivity contribution in [1.82, 2.24) is 19.9 Å². The lowest BCUT2D eigenvalue weighted by molar-refractivity contribution is 0.0940. The number of nitriles is 1. The Labute approximate surface area is 206 Å². The molecular formula is C28H30N6O. The third kappa shape index (κ3) is 4.44. The Hall–Kier alpha value is -3.92. The highest BCUT2D eigenvalue weighted by Crippen LogP contribution is 2.40. The fourth-order valence-electron chi connectivity index (χ4n) is 5.33. The Morgan fingerprint density at radius 2 is 1.94 bits per heavy atom. The molecule has 1 saturated heterocycles. The minimum Gasteiger partial charge on any atom is -0.351 e. The summed E-state index contributed by atoms with van der Waals surface area (Å²) in [5.41, 5.74) is 6.00. The van der Waals surface area contributed by atoms with E-state index in [0.29, 0.717) is 17.0 Å². The lowest BCUT2D eigenvalue weighted by Gasteiger charge is -2.34. The van der Waals surface area contributed by atoms with E-state index in [1.54, 1.807) is 24.3 Å². The number of carbonyl (C=O) groups is 1. The maximum absolute atomic E-state index is 12.9. The average Bonchev–Trinajstić information content (AvgIpc) is 3.23. The molecule has 1 aliphatic carbocycles. The first kappa shape index (κ1) is 22.9. The minimum absolute atomic E-state index is 0.108. The molecule has 35 heavy (non-hydrogen) atoms. The fourth-order valence-corrected chi connectivity index (χ4v) is 5.33. The molecule has 3 aromatic rings. The highest BCUT2D eigenvalue weighted by Gasteiger charge is 2.33. The molecule has 0 bridgehead atoms. The van der Waals surface area contributed by atoms with Crippen LogP contribution in [0.3, 0.4) is 0 Å². The van der Waals surface area contributed by atoms with Crippen LogP contribution < -0.4 is 10.2 Å². The number of piperidine rings is 1. The van der Waals surface area contributed by atoms with Gasteiger partial charge in [0.05, 0.1) is 17.7 Å². The highest BCUT2D eigenvalue weighted by molar-refractivity contribution is 5.95. The number of hydrogen-bond donors (Lipinski definition) is 1. The number of nitrogens with zero attached hydrogens (tertiary/aromatic N) is 5. The summed E-state index contributed by atoms with van der Waals surface area (Å²) in [5, 5.41) is 12.3. The number of aryl methyl sites for hydroxylation is 2. The van der Waals surface area contributed by atoms with Gasteiger partial charge in [0.1, 0.15) is 0 Å². The molecule has 0 radical (unpaired) electrons. The van der Waals surface area contributed by atoms with Crippen molar-refractivity contribution in [2.45, 2.75) is 44.6 Å². The number of fused-ring (bicyclic) bond motifs is 1. The van der Waals surface area contributed by atoms with Gasteiger partial charge in [-0.15, -0.1) is 0 Å². The summed E-state index contributed by atoms with van der Waals surface area (Å²) in [6.45, 7) is 6.05. The van der Waals surface area contributed by atoms with Crippen LogP contribution in [0.5, 0.6) is 0 Å². The second-order valence-electron chi connectivity index (χ2n) is 9.66. The van der Waals surface area contributed by atoms with Crippen LogP contribution >= 0.6 is 0 Å². The number of nitrogens with one attached hydrogen (secondary N) is 1. The first-order chi connectivity index (χ1) is 16.9. The molecule has 2 aliphatic rings. The summed E-state index contributed by atoms with van der Waals surface area (Å²) in [5.74, 6) is 1.26. The molecule has 2 atom stereocenters. The summed E-state index contributed by atoms with van der Waals surface area (Å²) in [6, 6.07) is 8.83. The molecule has 178 valence electrons. The Balaban J connectivity index is 1.32. The normalized spacial score (nSPS) is 19.8. The lowest BCUT2D eigenvalue weighted by atomic mass is 9.80. The molecule has 0 saturated carbocycles. The highest BCUT2D eigenvalue weighted by atomic mass is 16.1. The van der Waals surface area contributed by atoms with Crippen LogP contribution in [0.15, 0.2) is 48.9 Å². The van der Waals surface area contributed by atoms with E-state index in [2.05, 4.69) is 63.1 Å². The SMILES string of the molecule is Cc1cnc(N2CCC(c3cn(C)c4c3C(C)C(NC(=O)c3cccc(C#N)c3)C=C4)CC2)nc1. The molecule has 3 heterocycles. The van der Waals surface area contributed by atoms with Crippen LogP contribution in [0.1, 0.15) is 69.9 Å². The third-order valence-corrected chi connectivity index (χ3v) is 7.29. The summed E-state index contributed by atoms with van der Waals surface area (Å²) < 4.78 is 2.21. The van der Waals surface area contributed by atoms with Crippen molar-refractivity contribution >= 4 is 17.9 Å². The van der Waals surface area contributed by atoms with Crippen molar-refractivity contribution in [3.63, 3.8) is 0 Å². The summed E-state index contributed by atoms with van der Waals surface area (Å²) >= 11 is 0. The maximum atomic E-state index is 12.9. The van der Waals surface area contributed by atoms with E-state index in [9.17, 15) is 4.79 Å². The number of rotatable bonds is 4. The van der Waals surface area contributed by atoms with Gasteiger partial charge in [-0.1, -0.05) is 19.1 Å². The van der Waals surface area contributed by atoms with Gasteiger partial charge in [-0.3, -0.25) is 4.79 Å². The predicted molar refractivity (Wildman–Crippen MR) is 136 cm³/mol. The molecule has 7 heteroatoms. The molecule has 2 aromatic heterocycles. The number of carbonyl (C=O) groups excluding carboxylic acids is 1. The average molecular weight is 467 g/mol. The molecule has 1 aliphatic heterocycles. The second-order valence-corrected chi connectivity index (χ2v) is 9.66. The van der Waals surface area contributed by atoms with Crippen LogP contribution in [0, 0.1) is 18.3 Å². The standard InChI is InChI=1S/C28H30N6O/c1-18-15-30-28(31-16-18)34-11-9-21(10-12-34)23-17-33(3)25-8-7-24(19(2)26(23)25)32-27(35)22-6-4-5-20(13-22)14-29/h4-8,13,15-17,19,21,24H,9-12H2,1-3H3,(H,32,35). The fraction of sp³-hybridized carbons (Fsp3) is 0.357. The smallest absolute Gasteiger partial charge is 0.251 e. The van der Waals surface area contributed by atoms with E-state index < -0.39 is 0 Å². The Morgan fingerprint density at radius 1 is 1.20 bits per heavy atom. The zero-order valence-corrected chi connectivity index (χ0v) is 20.4. The topological polar surface area (TPSA) is 86.8 Å². The number of amides is 1. The largest absolute Gasteiger partial charge is 0.351 e. The van der Waals surface area contributed by atoms with Crippen LogP contribution in [-0.2, 0) is 7.05 Å². The van der Waals surface area contributed by atoms with Gasteiger partial charge in [0.25, 0.3) is 5.91 Å². The van der Waals surface area contributed by atoms with Crippen molar-refractivity contribution in [2.75, 3.05) is 18.0 Å². The van der Waals surface area contributed by atoms with E-state index in [4.69, 9.17) is 5.26 Å². The van der Waals surface area contributed by atoms with Crippen molar-refractivity contribution in [1.29, 1.82) is 5.26 Å². The van der Waals surface area contributed by atoms with Crippen LogP contribution in [0.2, 0.25) is 0 Å². The van der Waals surface area contributed by atoms with E-state index in [-0.39, 0.29) is 17.9 Å². The summed E-state index contributed by atoms with van der Waals surface area (Å²) in [6.07, 6.45) is 12.3. The predicted octanol–water partition coefficient (Wildman–Crippen LogP) is 4.31. The van der Waals surface area contributed by atoms with E-state index >= 15 is 0 Å². The van der Waals surface area contributed by atoms with Crippen LogP contribution in [-0.4, -0.2) is 39.6 Å². The quantitative estimate of drug-likeness (QED) is 0.619. The van der Waals surface area contributed by atoms with Crippen molar-refractivity contribution in [3.05, 3.63) is 82.4 Å². The number of aromatic nitrogens is 3. The zero-order chi connectivity index (χ0) is 24.5. The van der Waals surface area contributed by atoms with Gasteiger partial charge in [-0.25, -0.2) is 9.97 Å². The van der Waals surface area contributed by atoms with Gasteiger partial charge >= 0.3 is 0 Å². The van der Waals surface area contributed by atoms with E-state index in [1.165, 1.54) is 16.8 Å². The molecule has 1 fully saturated rings. The van der Waals surface area contributed by atoms with Gasteiger partial charge in [-0.2, -0.15) is 5.26 Å². The molecular weight excluding hydrogens is 436 g/mol. The molecule has 7 nitrogen and oxygen atoms in total. The molecule has 2 unspecified atom stereocenters. The maximum Gasteiger partial charge on any atom is 0.251 e. The van der Waals surface area contributed by atoms with E-state index in [1.807, 2.05) is 19.3 Å². The molecule has 1 aromatic carbocycles. The van der Waals surface area contributed by atoms with Gasteiger partial charge < -0.3 is 14.8 Å². The third-order valence-electron chi connectivity index (χ3n) is 7.29. The first-order valence-electron chi connectivity index (χ1n) is 12.2. The Kier molecular flexibility index (Phi) is 6.12. The first-order valence-corrected chi connectivity index (χ1v) is 12.2. The van der Waals surface area contributed by atoms with Gasteiger partial charge in [-0.05, 0) is 66.6 Å². The van der Waals surface area contributed by atoms with Crippen molar-refractivity contribution in [3.8, 4) is 6.07 Å². The van der Waals surface area contributed by atoms with Gasteiger partial charge in [0.15, 0.2) is 0 Å².